The number of fused-ring (bicyclic) bond motifs is 1. The number of imidazole rings is 1. The van der Waals surface area contributed by atoms with E-state index in [4.69, 9.17) is 14.3 Å². The number of H-pyrrole nitrogens is 1. The van der Waals surface area contributed by atoms with Crippen molar-refractivity contribution in [2.75, 3.05) is 46.1 Å². The maximum atomic E-state index is 12.8. The van der Waals surface area contributed by atoms with Crippen molar-refractivity contribution in [2.45, 2.75) is 26.8 Å². The van der Waals surface area contributed by atoms with Gasteiger partial charge in [-0.1, -0.05) is 0 Å². The second-order valence-corrected chi connectivity index (χ2v) is 8.90. The summed E-state index contributed by atoms with van der Waals surface area (Å²) in [5.41, 5.74) is 0.538. The predicted molar refractivity (Wildman–Crippen MR) is 105 cm³/mol. The maximum absolute atomic E-state index is 12.8. The van der Waals surface area contributed by atoms with Crippen molar-refractivity contribution in [1.82, 2.24) is 19.5 Å². The van der Waals surface area contributed by atoms with E-state index in [-0.39, 0.29) is 11.7 Å². The van der Waals surface area contributed by atoms with Gasteiger partial charge in [-0.15, -0.1) is 0 Å². The van der Waals surface area contributed by atoms with Crippen molar-refractivity contribution < 1.29 is 18.1 Å². The zero-order valence-corrected chi connectivity index (χ0v) is 17.5. The molecule has 154 valence electrons. The first-order chi connectivity index (χ1) is 13.4. The van der Waals surface area contributed by atoms with Crippen molar-refractivity contribution in [3.8, 4) is 6.07 Å². The lowest BCUT2D eigenvalue weighted by Gasteiger charge is -2.35. The van der Waals surface area contributed by atoms with Crippen molar-refractivity contribution >= 4 is 18.8 Å². The molecule has 0 aromatic carbocycles. The zero-order valence-electron chi connectivity index (χ0n) is 16.6. The number of hydrogen-bond donors (Lipinski definition) is 1. The van der Waals surface area contributed by atoms with Crippen LogP contribution in [0.15, 0.2) is 17.4 Å². The fourth-order valence-corrected chi connectivity index (χ4v) is 4.83. The molecule has 0 aliphatic heterocycles. The third-order valence-corrected chi connectivity index (χ3v) is 6.67. The lowest BCUT2D eigenvalue weighted by molar-refractivity contribution is -0.907. The predicted octanol–water partition coefficient (Wildman–Crippen LogP) is 1.75. The molecule has 1 unspecified atom stereocenters. The minimum atomic E-state index is -3.15. The van der Waals surface area contributed by atoms with Gasteiger partial charge < -0.3 is 23.1 Å². The van der Waals surface area contributed by atoms with E-state index >= 15 is 0 Å². The fraction of sp³-hybridized carbons (Fsp3) is 0.647. The van der Waals surface area contributed by atoms with E-state index in [0.29, 0.717) is 61.5 Å². The molecular weight excluding hydrogens is 383 g/mol. The van der Waals surface area contributed by atoms with Gasteiger partial charge in [-0.3, -0.25) is 9.36 Å². The van der Waals surface area contributed by atoms with Gasteiger partial charge in [0.25, 0.3) is 5.56 Å². The Hall–Kier alpha value is -2.05. The molecule has 2 rings (SSSR count). The first kappa shape index (κ1) is 22.2. The Morgan fingerprint density at radius 3 is 2.61 bits per heavy atom. The molecule has 0 amide bonds. The molecule has 11 heteroatoms. The molecule has 10 nitrogen and oxygen atoms in total. The van der Waals surface area contributed by atoms with Crippen molar-refractivity contribution in [3.63, 3.8) is 0 Å². The SMILES string of the molecule is CCOP(=O)(CC[N+](C)(CCC#N)CCn1cnc2c(=O)[nH]cnc21)OCC. The smallest absolute Gasteiger partial charge is 0.323 e. The summed E-state index contributed by atoms with van der Waals surface area (Å²) in [5.74, 6) is 0. The molecular formula is C17H28N6O4P+. The monoisotopic (exact) mass is 411 g/mol. The third-order valence-electron chi connectivity index (χ3n) is 4.62. The third kappa shape index (κ3) is 5.72. The van der Waals surface area contributed by atoms with Gasteiger partial charge in [0.2, 0.25) is 0 Å². The number of likely N-dealkylation sites (N-methyl/N-ethyl adjacent to an activating group) is 1. The standard InChI is InChI=1S/C17H27N6O4P/c1-4-26-28(25,27-5-2)12-11-23(3,9-6-7-18)10-8-22-14-21-15-16(22)19-13-20-17(15)24/h13-14H,4-6,8-12H2,1-3H3/p+1. The van der Waals surface area contributed by atoms with E-state index in [1.807, 2.05) is 11.6 Å². The molecule has 1 atom stereocenters. The largest absolute Gasteiger partial charge is 0.336 e. The highest BCUT2D eigenvalue weighted by atomic mass is 31.2. The van der Waals surface area contributed by atoms with Crippen LogP contribution in [-0.2, 0) is 20.2 Å². The average Bonchev–Trinajstić information content (AvgIpc) is 3.09. The first-order valence-corrected chi connectivity index (χ1v) is 11.1. The summed E-state index contributed by atoms with van der Waals surface area (Å²) in [6.07, 6.45) is 3.60. The highest BCUT2D eigenvalue weighted by molar-refractivity contribution is 7.53. The van der Waals surface area contributed by atoms with Gasteiger partial charge in [0.15, 0.2) is 11.2 Å². The molecule has 1 N–H and O–H groups in total. The van der Waals surface area contributed by atoms with Crippen molar-refractivity contribution in [3.05, 3.63) is 23.0 Å². The molecule has 0 saturated heterocycles. The summed E-state index contributed by atoms with van der Waals surface area (Å²) in [4.78, 5) is 22.6. The normalized spacial score (nSPS) is 14.1. The van der Waals surface area contributed by atoms with Gasteiger partial charge in [-0.25, -0.2) is 9.97 Å². The van der Waals surface area contributed by atoms with E-state index in [2.05, 4.69) is 21.0 Å². The lowest BCUT2D eigenvalue weighted by Crippen LogP contribution is -2.48. The molecule has 0 bridgehead atoms. The highest BCUT2D eigenvalue weighted by Gasteiger charge is 2.30. The first-order valence-electron chi connectivity index (χ1n) is 9.33. The Kier molecular flexibility index (Phi) is 7.89. The number of aromatic nitrogens is 4. The van der Waals surface area contributed by atoms with Crippen LogP contribution in [-0.4, -0.2) is 70.1 Å². The Balaban J connectivity index is 2.12. The molecule has 2 heterocycles. The molecule has 0 spiro atoms. The minimum absolute atomic E-state index is 0.277. The van der Waals surface area contributed by atoms with Crippen LogP contribution in [0.2, 0.25) is 0 Å². The summed E-state index contributed by atoms with van der Waals surface area (Å²) < 4.78 is 25.9. The zero-order chi connectivity index (χ0) is 20.6. The molecule has 28 heavy (non-hydrogen) atoms. The van der Waals surface area contributed by atoms with Crippen LogP contribution < -0.4 is 5.56 Å². The molecule has 0 aliphatic rings. The minimum Gasteiger partial charge on any atom is -0.323 e. The van der Waals surface area contributed by atoms with E-state index in [1.165, 1.54) is 6.33 Å². The molecule has 2 aromatic heterocycles. The Labute approximate surface area is 164 Å². The quantitative estimate of drug-likeness (QED) is 0.417. The number of nitrogens with one attached hydrogen (secondary N) is 1. The van der Waals surface area contributed by atoms with E-state index in [0.717, 1.165) is 0 Å². The van der Waals surface area contributed by atoms with Gasteiger partial charge in [-0.05, 0) is 13.8 Å². The summed E-state index contributed by atoms with van der Waals surface area (Å²) in [7, 11) is -1.14. The van der Waals surface area contributed by atoms with Gasteiger partial charge in [0, 0.05) is 0 Å². The molecule has 0 aliphatic carbocycles. The molecule has 0 saturated carbocycles. The lowest BCUT2D eigenvalue weighted by atomic mass is 10.3. The van der Waals surface area contributed by atoms with Crippen LogP contribution in [0.3, 0.4) is 0 Å². The van der Waals surface area contributed by atoms with E-state index in [9.17, 15) is 9.36 Å². The topological polar surface area (TPSA) is 123 Å². The van der Waals surface area contributed by atoms with E-state index < -0.39 is 7.60 Å². The molecule has 0 radical (unpaired) electrons. The van der Waals surface area contributed by atoms with Crippen molar-refractivity contribution in [1.29, 1.82) is 5.26 Å². The second-order valence-electron chi connectivity index (χ2n) is 6.71. The van der Waals surface area contributed by atoms with E-state index in [1.54, 1.807) is 20.2 Å². The number of quaternary nitrogens is 1. The average molecular weight is 411 g/mol. The fourth-order valence-electron chi connectivity index (χ4n) is 2.98. The van der Waals surface area contributed by atoms with Crippen LogP contribution in [0.1, 0.15) is 20.3 Å². The highest BCUT2D eigenvalue weighted by Crippen LogP contribution is 2.48. The van der Waals surface area contributed by atoms with Gasteiger partial charge in [0.1, 0.15) is 0 Å². The van der Waals surface area contributed by atoms with Gasteiger partial charge >= 0.3 is 7.60 Å². The summed E-state index contributed by atoms with van der Waals surface area (Å²) >= 11 is 0. The Morgan fingerprint density at radius 2 is 1.96 bits per heavy atom. The number of hydrogen-bond acceptors (Lipinski definition) is 7. The number of aromatic amines is 1. The maximum Gasteiger partial charge on any atom is 0.336 e. The van der Waals surface area contributed by atoms with Gasteiger partial charge in [-0.2, -0.15) is 5.26 Å². The van der Waals surface area contributed by atoms with Gasteiger partial charge in [0.05, 0.1) is 77.7 Å². The van der Waals surface area contributed by atoms with Crippen LogP contribution in [0.5, 0.6) is 0 Å². The summed E-state index contributed by atoms with van der Waals surface area (Å²) in [6.45, 7) is 6.57. The number of rotatable bonds is 12. The molecule has 0 fully saturated rings. The number of nitriles is 1. The van der Waals surface area contributed by atoms with Crippen LogP contribution in [0, 0.1) is 11.3 Å². The summed E-state index contributed by atoms with van der Waals surface area (Å²) in [5, 5.41) is 9.02. The summed E-state index contributed by atoms with van der Waals surface area (Å²) in [6, 6.07) is 2.18. The van der Waals surface area contributed by atoms with Crippen LogP contribution in [0.4, 0.5) is 0 Å². The second kappa shape index (κ2) is 9.94. The Bertz CT molecular complexity index is 910. The van der Waals surface area contributed by atoms with Crippen molar-refractivity contribution in [2.24, 2.45) is 0 Å². The number of nitrogens with zero attached hydrogens (tertiary/aromatic N) is 5. The Morgan fingerprint density at radius 1 is 1.25 bits per heavy atom. The molecule has 2 aromatic rings. The van der Waals surface area contributed by atoms with Crippen LogP contribution >= 0.6 is 7.60 Å². The van der Waals surface area contributed by atoms with Crippen LogP contribution in [0.25, 0.3) is 11.2 Å².